The maximum Gasteiger partial charge on any atom is 0.573 e. The normalized spacial score (nSPS) is 11.2. The summed E-state index contributed by atoms with van der Waals surface area (Å²) < 4.78 is 44.9. The number of pyridine rings is 1. The van der Waals surface area contributed by atoms with E-state index in [1.807, 2.05) is 0 Å². The Kier molecular flexibility index (Phi) is 4.98. The van der Waals surface area contributed by atoms with Crippen molar-refractivity contribution < 1.29 is 27.4 Å². The largest absolute Gasteiger partial charge is 0.573 e. The average Bonchev–Trinajstić information content (AvgIpc) is 2.30. The van der Waals surface area contributed by atoms with Crippen LogP contribution in [0.15, 0.2) is 11.0 Å². The first-order valence-corrected chi connectivity index (χ1v) is 6.15. The van der Waals surface area contributed by atoms with E-state index >= 15 is 0 Å². The summed E-state index contributed by atoms with van der Waals surface area (Å²) in [6, 6.07) is 0. The number of nitrogens with one attached hydrogen (secondary N) is 1. The van der Waals surface area contributed by atoms with Crippen LogP contribution in [0.5, 0.6) is 5.75 Å². The number of aromatic amines is 1. The SMILES string of the molecule is CCOC(=O)c1[nH]cc(CBr)c(=O)c1OC(F)(F)F. The number of halogens is 4. The third-order valence-electron chi connectivity index (χ3n) is 1.96. The van der Waals surface area contributed by atoms with Crippen molar-refractivity contribution in [3.8, 4) is 5.75 Å². The topological polar surface area (TPSA) is 68.4 Å². The molecule has 0 aliphatic carbocycles. The molecule has 1 rings (SSSR count). The predicted molar refractivity (Wildman–Crippen MR) is 62.3 cm³/mol. The summed E-state index contributed by atoms with van der Waals surface area (Å²) in [5.41, 5.74) is -1.71. The van der Waals surface area contributed by atoms with Gasteiger partial charge < -0.3 is 14.5 Å². The van der Waals surface area contributed by atoms with Crippen LogP contribution >= 0.6 is 15.9 Å². The third kappa shape index (κ3) is 3.98. The van der Waals surface area contributed by atoms with Gasteiger partial charge in [0.05, 0.1) is 6.61 Å². The lowest BCUT2D eigenvalue weighted by Crippen LogP contribution is -2.26. The van der Waals surface area contributed by atoms with Crippen molar-refractivity contribution in [3.05, 3.63) is 27.7 Å². The van der Waals surface area contributed by atoms with Crippen LogP contribution in [0.1, 0.15) is 23.0 Å². The Labute approximate surface area is 113 Å². The average molecular weight is 344 g/mol. The van der Waals surface area contributed by atoms with Gasteiger partial charge in [-0.05, 0) is 6.92 Å². The molecule has 5 nitrogen and oxygen atoms in total. The number of ether oxygens (including phenoxy) is 2. The molecule has 1 heterocycles. The van der Waals surface area contributed by atoms with E-state index < -0.39 is 29.2 Å². The van der Waals surface area contributed by atoms with Gasteiger partial charge in [-0.1, -0.05) is 15.9 Å². The zero-order valence-electron chi connectivity index (χ0n) is 9.64. The van der Waals surface area contributed by atoms with Crippen LogP contribution in [0, 0.1) is 0 Å². The molecule has 1 aromatic heterocycles. The Hall–Kier alpha value is -1.51. The van der Waals surface area contributed by atoms with E-state index in [-0.39, 0.29) is 17.5 Å². The summed E-state index contributed by atoms with van der Waals surface area (Å²) in [5, 5.41) is 0.0135. The van der Waals surface area contributed by atoms with Gasteiger partial charge in [-0.15, -0.1) is 13.2 Å². The minimum Gasteiger partial charge on any atom is -0.461 e. The van der Waals surface area contributed by atoms with Crippen LogP contribution in [0.4, 0.5) is 13.2 Å². The molecule has 0 unspecified atom stereocenters. The van der Waals surface area contributed by atoms with E-state index in [2.05, 4.69) is 30.4 Å². The second kappa shape index (κ2) is 6.09. The Morgan fingerprint density at radius 2 is 2.11 bits per heavy atom. The molecule has 0 spiro atoms. The third-order valence-corrected chi connectivity index (χ3v) is 2.56. The summed E-state index contributed by atoms with van der Waals surface area (Å²) in [6.45, 7) is 1.43. The lowest BCUT2D eigenvalue weighted by molar-refractivity contribution is -0.275. The fourth-order valence-corrected chi connectivity index (χ4v) is 1.63. The standard InChI is InChI=1S/C10H9BrF3NO4/c1-2-18-9(17)6-8(19-10(12,13)14)7(16)5(3-11)4-15-6/h4H,2-3H2,1H3,(H,15,16). The van der Waals surface area contributed by atoms with Gasteiger partial charge in [0.15, 0.2) is 5.69 Å². The molecule has 19 heavy (non-hydrogen) atoms. The van der Waals surface area contributed by atoms with Crippen molar-refractivity contribution in [2.75, 3.05) is 6.61 Å². The number of esters is 1. The van der Waals surface area contributed by atoms with Gasteiger partial charge in [-0.3, -0.25) is 4.79 Å². The van der Waals surface area contributed by atoms with E-state index in [9.17, 15) is 22.8 Å². The fourth-order valence-electron chi connectivity index (χ4n) is 1.22. The molecule has 0 atom stereocenters. The van der Waals surface area contributed by atoms with Crippen LogP contribution in [0.3, 0.4) is 0 Å². The molecule has 0 aliphatic rings. The maximum absolute atomic E-state index is 12.2. The molecule has 0 saturated heterocycles. The number of hydrogen-bond donors (Lipinski definition) is 1. The van der Waals surface area contributed by atoms with Gasteiger partial charge in [0.2, 0.25) is 11.2 Å². The van der Waals surface area contributed by atoms with Crippen molar-refractivity contribution in [1.29, 1.82) is 0 Å². The Morgan fingerprint density at radius 3 is 2.58 bits per heavy atom. The first-order chi connectivity index (χ1) is 8.80. The molecule has 0 aliphatic heterocycles. The second-order valence-corrected chi connectivity index (χ2v) is 3.81. The van der Waals surface area contributed by atoms with Crippen molar-refractivity contribution in [1.82, 2.24) is 4.98 Å². The van der Waals surface area contributed by atoms with Gasteiger partial charge >= 0.3 is 12.3 Å². The van der Waals surface area contributed by atoms with Crippen LogP contribution in [-0.4, -0.2) is 23.9 Å². The maximum atomic E-state index is 12.2. The lowest BCUT2D eigenvalue weighted by atomic mass is 10.2. The highest BCUT2D eigenvalue weighted by molar-refractivity contribution is 9.08. The van der Waals surface area contributed by atoms with Gasteiger partial charge in [0, 0.05) is 17.1 Å². The van der Waals surface area contributed by atoms with Crippen LogP contribution in [-0.2, 0) is 10.1 Å². The van der Waals surface area contributed by atoms with Gasteiger partial charge in [-0.25, -0.2) is 4.79 Å². The molecule has 9 heteroatoms. The van der Waals surface area contributed by atoms with E-state index in [1.165, 1.54) is 6.92 Å². The van der Waals surface area contributed by atoms with E-state index in [0.29, 0.717) is 0 Å². The lowest BCUT2D eigenvalue weighted by Gasteiger charge is -2.12. The molecule has 0 radical (unpaired) electrons. The van der Waals surface area contributed by atoms with Crippen LogP contribution < -0.4 is 10.2 Å². The quantitative estimate of drug-likeness (QED) is 0.673. The van der Waals surface area contributed by atoms with Crippen LogP contribution in [0.2, 0.25) is 0 Å². The van der Waals surface area contributed by atoms with Crippen LogP contribution in [0.25, 0.3) is 0 Å². The summed E-state index contributed by atoms with van der Waals surface area (Å²) in [5.74, 6) is -2.22. The Morgan fingerprint density at radius 1 is 1.47 bits per heavy atom. The molecule has 0 saturated carbocycles. The Bertz CT molecular complexity index is 526. The summed E-state index contributed by atoms with van der Waals surface area (Å²) in [4.78, 5) is 25.5. The monoisotopic (exact) mass is 343 g/mol. The number of rotatable bonds is 4. The van der Waals surface area contributed by atoms with E-state index in [4.69, 9.17) is 0 Å². The van der Waals surface area contributed by atoms with Crippen molar-refractivity contribution in [2.24, 2.45) is 0 Å². The zero-order chi connectivity index (χ0) is 14.6. The number of hydrogen-bond acceptors (Lipinski definition) is 4. The fraction of sp³-hybridized carbons (Fsp3) is 0.400. The van der Waals surface area contributed by atoms with Gasteiger partial charge in [0.1, 0.15) is 0 Å². The predicted octanol–water partition coefficient (Wildman–Crippen LogP) is 2.35. The number of aromatic nitrogens is 1. The Balaban J connectivity index is 3.35. The molecule has 0 fully saturated rings. The minimum absolute atomic E-state index is 0.00713. The number of H-pyrrole nitrogens is 1. The molecule has 1 N–H and O–H groups in total. The first-order valence-electron chi connectivity index (χ1n) is 5.03. The highest BCUT2D eigenvalue weighted by atomic mass is 79.9. The molecule has 1 aromatic rings. The summed E-state index contributed by atoms with van der Waals surface area (Å²) in [7, 11) is 0. The highest BCUT2D eigenvalue weighted by Gasteiger charge is 2.35. The number of carbonyl (C=O) groups excluding carboxylic acids is 1. The first kappa shape index (κ1) is 15.5. The van der Waals surface area contributed by atoms with Gasteiger partial charge in [0.25, 0.3) is 0 Å². The summed E-state index contributed by atoms with van der Waals surface area (Å²) in [6.07, 6.45) is -3.97. The number of carbonyl (C=O) groups is 1. The second-order valence-electron chi connectivity index (χ2n) is 3.25. The minimum atomic E-state index is -5.08. The van der Waals surface area contributed by atoms with E-state index in [1.54, 1.807) is 0 Å². The number of alkyl halides is 4. The van der Waals surface area contributed by atoms with Crippen molar-refractivity contribution >= 4 is 21.9 Å². The molecule has 0 amide bonds. The molecular formula is C10H9BrF3NO4. The summed E-state index contributed by atoms with van der Waals surface area (Å²) >= 11 is 2.94. The molecule has 106 valence electrons. The molecule has 0 aromatic carbocycles. The van der Waals surface area contributed by atoms with Crippen molar-refractivity contribution in [3.63, 3.8) is 0 Å². The highest BCUT2D eigenvalue weighted by Crippen LogP contribution is 2.23. The van der Waals surface area contributed by atoms with E-state index in [0.717, 1.165) is 6.20 Å². The van der Waals surface area contributed by atoms with Gasteiger partial charge in [-0.2, -0.15) is 0 Å². The smallest absolute Gasteiger partial charge is 0.461 e. The zero-order valence-corrected chi connectivity index (χ0v) is 11.2. The molecular weight excluding hydrogens is 335 g/mol. The van der Waals surface area contributed by atoms with Crippen molar-refractivity contribution in [2.45, 2.75) is 18.6 Å². The molecule has 0 bridgehead atoms.